The van der Waals surface area contributed by atoms with Crippen molar-refractivity contribution in [2.45, 2.75) is 18.9 Å². The van der Waals surface area contributed by atoms with E-state index in [0.29, 0.717) is 6.04 Å². The summed E-state index contributed by atoms with van der Waals surface area (Å²) in [6.45, 7) is 1.08. The topological polar surface area (TPSA) is 21.7 Å². The summed E-state index contributed by atoms with van der Waals surface area (Å²) in [6.07, 6.45) is 2.05. The maximum absolute atomic E-state index is 5.44. The minimum absolute atomic E-state index is 0.384. The third-order valence-electron chi connectivity index (χ3n) is 4.64. The number of hydrogen-bond acceptors (Lipinski definition) is 3. The zero-order valence-electron chi connectivity index (χ0n) is 13.8. The van der Waals surface area contributed by atoms with Gasteiger partial charge in [-0.3, -0.25) is 4.90 Å². The Morgan fingerprint density at radius 3 is 2.65 bits per heavy atom. The smallest absolute Gasteiger partial charge is 0.160 e. The Hall–Kier alpha value is -1.52. The Kier molecular flexibility index (Phi) is 4.93. The van der Waals surface area contributed by atoms with Crippen LogP contribution in [0.5, 0.6) is 11.5 Å². The van der Waals surface area contributed by atoms with E-state index in [0.717, 1.165) is 30.9 Å². The minimum atomic E-state index is 0.384. The Morgan fingerprint density at radius 1 is 1.13 bits per heavy atom. The van der Waals surface area contributed by atoms with Crippen molar-refractivity contribution in [2.24, 2.45) is 0 Å². The Balaban J connectivity index is 1.92. The number of hydrogen-bond donors (Lipinski definition) is 0. The fourth-order valence-corrected chi connectivity index (χ4v) is 3.91. The third kappa shape index (κ3) is 3.24. The van der Waals surface area contributed by atoms with Crippen LogP contribution in [-0.2, 0) is 12.8 Å². The van der Waals surface area contributed by atoms with Crippen molar-refractivity contribution in [3.8, 4) is 11.5 Å². The SMILES string of the molecule is COc1ccc(CC2c3cccc(Br)c3CCN2C)cc1OC. The molecule has 0 aliphatic carbocycles. The standard InChI is InChI=1S/C19H22BrNO2/c1-21-10-9-14-15(5-4-6-16(14)20)17(21)11-13-7-8-18(22-2)19(12-13)23-3/h4-8,12,17H,9-11H2,1-3H3. The summed E-state index contributed by atoms with van der Waals surface area (Å²) in [6, 6.07) is 13.1. The highest BCUT2D eigenvalue weighted by Crippen LogP contribution is 2.36. The number of likely N-dealkylation sites (N-methyl/N-ethyl adjacent to an activating group) is 1. The van der Waals surface area contributed by atoms with E-state index in [1.807, 2.05) is 6.07 Å². The van der Waals surface area contributed by atoms with Crippen molar-refractivity contribution in [3.05, 3.63) is 57.6 Å². The largest absolute Gasteiger partial charge is 0.493 e. The van der Waals surface area contributed by atoms with Crippen molar-refractivity contribution in [2.75, 3.05) is 27.8 Å². The molecular weight excluding hydrogens is 354 g/mol. The van der Waals surface area contributed by atoms with Crippen LogP contribution in [0, 0.1) is 0 Å². The molecule has 0 saturated carbocycles. The number of rotatable bonds is 4. The predicted molar refractivity (Wildman–Crippen MR) is 96.5 cm³/mol. The van der Waals surface area contributed by atoms with Gasteiger partial charge < -0.3 is 9.47 Å². The van der Waals surface area contributed by atoms with E-state index in [9.17, 15) is 0 Å². The average Bonchev–Trinajstić information content (AvgIpc) is 2.57. The molecule has 0 saturated heterocycles. The molecule has 2 aromatic carbocycles. The van der Waals surface area contributed by atoms with E-state index in [1.54, 1.807) is 14.2 Å². The molecule has 23 heavy (non-hydrogen) atoms. The van der Waals surface area contributed by atoms with Gasteiger partial charge in [-0.2, -0.15) is 0 Å². The Morgan fingerprint density at radius 2 is 1.91 bits per heavy atom. The molecular formula is C19H22BrNO2. The maximum atomic E-state index is 5.44. The van der Waals surface area contributed by atoms with E-state index >= 15 is 0 Å². The molecule has 1 atom stereocenters. The number of methoxy groups -OCH3 is 2. The van der Waals surface area contributed by atoms with Crippen LogP contribution in [0.2, 0.25) is 0 Å². The fraction of sp³-hybridized carbons (Fsp3) is 0.368. The van der Waals surface area contributed by atoms with Gasteiger partial charge in [0.2, 0.25) is 0 Å². The van der Waals surface area contributed by atoms with Gasteiger partial charge in [-0.05, 0) is 54.8 Å². The van der Waals surface area contributed by atoms with Gasteiger partial charge in [-0.25, -0.2) is 0 Å². The molecule has 0 spiro atoms. The van der Waals surface area contributed by atoms with Gasteiger partial charge in [0.05, 0.1) is 14.2 Å². The van der Waals surface area contributed by atoms with E-state index in [-0.39, 0.29) is 0 Å². The molecule has 0 N–H and O–H groups in total. The van der Waals surface area contributed by atoms with Crippen LogP contribution in [0.15, 0.2) is 40.9 Å². The zero-order chi connectivity index (χ0) is 16.4. The number of nitrogens with zero attached hydrogens (tertiary/aromatic N) is 1. The lowest BCUT2D eigenvalue weighted by Crippen LogP contribution is -2.33. The number of halogens is 1. The number of fused-ring (bicyclic) bond motifs is 1. The quantitative estimate of drug-likeness (QED) is 0.797. The monoisotopic (exact) mass is 375 g/mol. The Bertz CT molecular complexity index is 702. The van der Waals surface area contributed by atoms with Crippen molar-refractivity contribution in [3.63, 3.8) is 0 Å². The molecule has 0 aromatic heterocycles. The Labute approximate surface area is 146 Å². The maximum Gasteiger partial charge on any atom is 0.160 e. The molecule has 1 heterocycles. The first-order valence-electron chi connectivity index (χ1n) is 7.82. The molecule has 3 rings (SSSR count). The average molecular weight is 376 g/mol. The molecule has 4 heteroatoms. The molecule has 1 aliphatic heterocycles. The lowest BCUT2D eigenvalue weighted by atomic mass is 9.89. The van der Waals surface area contributed by atoms with Crippen LogP contribution >= 0.6 is 15.9 Å². The normalized spacial score (nSPS) is 17.7. The van der Waals surface area contributed by atoms with E-state index in [4.69, 9.17) is 9.47 Å². The van der Waals surface area contributed by atoms with Crippen LogP contribution in [0.1, 0.15) is 22.7 Å². The van der Waals surface area contributed by atoms with Gasteiger partial charge in [0, 0.05) is 17.1 Å². The highest BCUT2D eigenvalue weighted by atomic mass is 79.9. The summed E-state index contributed by atoms with van der Waals surface area (Å²) in [5, 5.41) is 0. The molecule has 1 unspecified atom stereocenters. The van der Waals surface area contributed by atoms with Crippen molar-refractivity contribution >= 4 is 15.9 Å². The summed E-state index contributed by atoms with van der Waals surface area (Å²) in [5.74, 6) is 1.56. The fourth-order valence-electron chi connectivity index (χ4n) is 3.33. The molecule has 2 aromatic rings. The summed E-state index contributed by atoms with van der Waals surface area (Å²) >= 11 is 3.70. The van der Waals surface area contributed by atoms with Crippen LogP contribution in [-0.4, -0.2) is 32.7 Å². The summed E-state index contributed by atoms with van der Waals surface area (Å²) in [4.78, 5) is 2.44. The van der Waals surface area contributed by atoms with Gasteiger partial charge in [0.15, 0.2) is 11.5 Å². The van der Waals surface area contributed by atoms with Crippen molar-refractivity contribution in [1.82, 2.24) is 4.90 Å². The van der Waals surface area contributed by atoms with Crippen molar-refractivity contribution in [1.29, 1.82) is 0 Å². The van der Waals surface area contributed by atoms with Crippen molar-refractivity contribution < 1.29 is 9.47 Å². The van der Waals surface area contributed by atoms with E-state index in [1.165, 1.54) is 21.2 Å². The molecule has 0 amide bonds. The molecule has 0 fully saturated rings. The second kappa shape index (κ2) is 6.93. The zero-order valence-corrected chi connectivity index (χ0v) is 15.4. The first-order chi connectivity index (χ1) is 11.1. The molecule has 3 nitrogen and oxygen atoms in total. The molecule has 1 aliphatic rings. The number of benzene rings is 2. The van der Waals surface area contributed by atoms with Gasteiger partial charge in [0.25, 0.3) is 0 Å². The summed E-state index contributed by atoms with van der Waals surface area (Å²) in [7, 11) is 5.55. The van der Waals surface area contributed by atoms with Crippen LogP contribution in [0.25, 0.3) is 0 Å². The highest BCUT2D eigenvalue weighted by Gasteiger charge is 2.26. The third-order valence-corrected chi connectivity index (χ3v) is 5.38. The lowest BCUT2D eigenvalue weighted by molar-refractivity contribution is 0.229. The summed E-state index contributed by atoms with van der Waals surface area (Å²) in [5.41, 5.74) is 4.12. The molecule has 122 valence electrons. The van der Waals surface area contributed by atoms with Gasteiger partial charge in [-0.1, -0.05) is 34.1 Å². The van der Waals surface area contributed by atoms with Gasteiger partial charge in [0.1, 0.15) is 0 Å². The molecule has 0 bridgehead atoms. The van der Waals surface area contributed by atoms with Gasteiger partial charge in [-0.15, -0.1) is 0 Å². The first-order valence-corrected chi connectivity index (χ1v) is 8.61. The lowest BCUT2D eigenvalue weighted by Gasteiger charge is -2.35. The second-order valence-electron chi connectivity index (χ2n) is 5.95. The second-order valence-corrected chi connectivity index (χ2v) is 6.80. The van der Waals surface area contributed by atoms with Crippen LogP contribution < -0.4 is 9.47 Å². The van der Waals surface area contributed by atoms with Gasteiger partial charge >= 0.3 is 0 Å². The van der Waals surface area contributed by atoms with Crippen LogP contribution in [0.3, 0.4) is 0 Å². The molecule has 0 radical (unpaired) electrons. The first kappa shape index (κ1) is 16.3. The minimum Gasteiger partial charge on any atom is -0.493 e. The number of ether oxygens (including phenoxy) is 2. The van der Waals surface area contributed by atoms with E-state index < -0.39 is 0 Å². The van der Waals surface area contributed by atoms with Crippen LogP contribution in [0.4, 0.5) is 0 Å². The highest BCUT2D eigenvalue weighted by molar-refractivity contribution is 9.10. The predicted octanol–water partition coefficient (Wildman–Crippen LogP) is 4.24. The van der Waals surface area contributed by atoms with E-state index in [2.05, 4.69) is 58.2 Å². The summed E-state index contributed by atoms with van der Waals surface area (Å²) < 4.78 is 12.0.